The van der Waals surface area contributed by atoms with Gasteiger partial charge in [0.1, 0.15) is 11.6 Å². The van der Waals surface area contributed by atoms with Gasteiger partial charge in [0, 0.05) is 25.7 Å². The molecule has 9 nitrogen and oxygen atoms in total. The lowest BCUT2D eigenvalue weighted by Crippen LogP contribution is -2.34. The van der Waals surface area contributed by atoms with Gasteiger partial charge in [0.15, 0.2) is 5.78 Å². The summed E-state index contributed by atoms with van der Waals surface area (Å²) in [5, 5.41) is 2.73. The number of carbonyl (C=O) groups excluding carboxylic acids is 1. The number of Topliss-reactive ketones (excluding diaryl/α,β-unsaturated/α-hetero) is 1. The van der Waals surface area contributed by atoms with Crippen molar-refractivity contribution < 1.29 is 35.5 Å². The molecule has 4 rings (SSSR count). The van der Waals surface area contributed by atoms with E-state index in [1.807, 2.05) is 25.1 Å². The van der Waals surface area contributed by atoms with Gasteiger partial charge in [-0.3, -0.25) is 4.79 Å². The Balaban J connectivity index is 1.66. The SMILES string of the molecule is COc1cc(C(=O)CCCN(C)C)c(F)cc1Nc1ncc(C(F)(F)F)c(C[C@@H]2Cc3ccccc3[C@H]2N(C)S(C)(=O)=O)n1. The highest BCUT2D eigenvalue weighted by molar-refractivity contribution is 7.88. The third-order valence-corrected chi connectivity index (χ3v) is 8.96. The van der Waals surface area contributed by atoms with E-state index in [-0.39, 0.29) is 41.5 Å². The van der Waals surface area contributed by atoms with Crippen molar-refractivity contribution in [1.82, 2.24) is 19.2 Å². The summed E-state index contributed by atoms with van der Waals surface area (Å²) in [6.45, 7) is 0.649. The van der Waals surface area contributed by atoms with Crippen LogP contribution >= 0.6 is 0 Å². The highest BCUT2D eigenvalue weighted by Crippen LogP contribution is 2.43. The molecule has 0 amide bonds. The number of rotatable bonds is 12. The second-order valence-electron chi connectivity index (χ2n) is 11.1. The third-order valence-electron chi connectivity index (χ3n) is 7.69. The first-order chi connectivity index (χ1) is 20.6. The molecule has 44 heavy (non-hydrogen) atoms. The number of ketones is 1. The van der Waals surface area contributed by atoms with Crippen molar-refractivity contribution in [3.8, 4) is 5.75 Å². The Morgan fingerprint density at radius 3 is 2.50 bits per heavy atom. The normalized spacial score (nSPS) is 16.8. The zero-order valence-corrected chi connectivity index (χ0v) is 25.9. The molecule has 14 heteroatoms. The Hall–Kier alpha value is -3.62. The van der Waals surface area contributed by atoms with E-state index in [0.29, 0.717) is 25.6 Å². The van der Waals surface area contributed by atoms with Crippen LogP contribution in [0.15, 0.2) is 42.6 Å². The number of aromatic nitrogens is 2. The van der Waals surface area contributed by atoms with Crippen LogP contribution in [-0.4, -0.2) is 74.4 Å². The Kier molecular flexibility index (Phi) is 9.96. The highest BCUT2D eigenvalue weighted by atomic mass is 32.2. The number of anilines is 2. The lowest BCUT2D eigenvalue weighted by molar-refractivity contribution is -0.138. The minimum atomic E-state index is -4.78. The summed E-state index contributed by atoms with van der Waals surface area (Å²) in [4.78, 5) is 22.6. The first-order valence-corrected chi connectivity index (χ1v) is 15.7. The van der Waals surface area contributed by atoms with Gasteiger partial charge < -0.3 is 15.0 Å². The molecule has 1 aliphatic rings. The number of methoxy groups -OCH3 is 1. The average molecular weight is 638 g/mol. The Morgan fingerprint density at radius 2 is 1.86 bits per heavy atom. The van der Waals surface area contributed by atoms with Crippen molar-refractivity contribution in [2.75, 3.05) is 46.4 Å². The number of fused-ring (bicyclic) bond motifs is 1. The van der Waals surface area contributed by atoms with Crippen molar-refractivity contribution in [3.63, 3.8) is 0 Å². The van der Waals surface area contributed by atoms with Crippen LogP contribution < -0.4 is 10.1 Å². The monoisotopic (exact) mass is 637 g/mol. The summed E-state index contributed by atoms with van der Waals surface area (Å²) in [5.41, 5.74) is 0.0208. The molecular weight excluding hydrogens is 602 g/mol. The summed E-state index contributed by atoms with van der Waals surface area (Å²) in [6, 6.07) is 8.70. The topological polar surface area (TPSA) is 105 Å². The molecule has 2 atom stereocenters. The van der Waals surface area contributed by atoms with Gasteiger partial charge in [-0.1, -0.05) is 24.3 Å². The standard InChI is InChI=1S/C30H35F4N5O4S/c1-38(2)12-8-11-26(40)21-15-27(43-4)25(16-23(21)31)37-29-35-17-22(30(32,33)34)24(36-29)14-19-13-18-9-6-7-10-20(18)28(19)39(3)44(5,41)42/h6-7,9-10,15-17,19,28H,8,11-14H2,1-5H3,(H,35,36,37)/t19-,28-/m0/s1. The van der Waals surface area contributed by atoms with Crippen LogP contribution in [0.1, 0.15) is 51.6 Å². The van der Waals surface area contributed by atoms with Crippen molar-refractivity contribution in [2.45, 2.75) is 37.9 Å². The molecular formula is C30H35F4N5O4S. The summed E-state index contributed by atoms with van der Waals surface area (Å²) in [7, 11) is 2.77. The van der Waals surface area contributed by atoms with E-state index in [0.717, 1.165) is 23.4 Å². The average Bonchev–Trinajstić information content (AvgIpc) is 3.29. The van der Waals surface area contributed by atoms with Gasteiger partial charge in [-0.05, 0) is 63.0 Å². The van der Waals surface area contributed by atoms with Gasteiger partial charge in [-0.15, -0.1) is 0 Å². The van der Waals surface area contributed by atoms with Gasteiger partial charge in [0.05, 0.1) is 41.9 Å². The number of nitrogens with one attached hydrogen (secondary N) is 1. The van der Waals surface area contributed by atoms with Crippen LogP contribution in [0.4, 0.5) is 29.2 Å². The molecule has 0 saturated heterocycles. The highest BCUT2D eigenvalue weighted by Gasteiger charge is 2.41. The fraction of sp³-hybridized carbons (Fsp3) is 0.433. The summed E-state index contributed by atoms with van der Waals surface area (Å²) in [6.07, 6.45) is -2.30. The zero-order chi connectivity index (χ0) is 32.4. The summed E-state index contributed by atoms with van der Waals surface area (Å²) >= 11 is 0. The van der Waals surface area contributed by atoms with E-state index in [4.69, 9.17) is 4.74 Å². The number of nitrogens with zero attached hydrogens (tertiary/aromatic N) is 4. The van der Waals surface area contributed by atoms with Gasteiger partial charge in [-0.2, -0.15) is 17.5 Å². The number of hydrogen-bond donors (Lipinski definition) is 1. The molecule has 0 unspecified atom stereocenters. The van der Waals surface area contributed by atoms with Crippen LogP contribution in [-0.2, 0) is 29.0 Å². The van der Waals surface area contributed by atoms with Crippen LogP contribution in [0, 0.1) is 11.7 Å². The van der Waals surface area contributed by atoms with Gasteiger partial charge in [0.2, 0.25) is 16.0 Å². The molecule has 1 aromatic heterocycles. The molecule has 0 bridgehead atoms. The maximum atomic E-state index is 15.1. The van der Waals surface area contributed by atoms with E-state index in [1.54, 1.807) is 18.2 Å². The third kappa shape index (κ3) is 7.53. The largest absolute Gasteiger partial charge is 0.495 e. The van der Waals surface area contributed by atoms with Crippen molar-refractivity contribution in [3.05, 3.63) is 76.4 Å². The number of alkyl halides is 3. The lowest BCUT2D eigenvalue weighted by Gasteiger charge is -2.29. The molecule has 2 aromatic carbocycles. The fourth-order valence-electron chi connectivity index (χ4n) is 5.50. The number of sulfonamides is 1. The molecule has 0 saturated carbocycles. The molecule has 0 radical (unpaired) electrons. The quantitative estimate of drug-likeness (QED) is 0.212. The molecule has 1 aliphatic carbocycles. The molecule has 0 aliphatic heterocycles. The predicted octanol–water partition coefficient (Wildman–Crippen LogP) is 5.26. The van der Waals surface area contributed by atoms with Crippen LogP contribution in [0.3, 0.4) is 0 Å². The minimum absolute atomic E-state index is 0.0171. The lowest BCUT2D eigenvalue weighted by atomic mass is 9.93. The Labute approximate surface area is 254 Å². The van der Waals surface area contributed by atoms with Gasteiger partial charge >= 0.3 is 6.18 Å². The summed E-state index contributed by atoms with van der Waals surface area (Å²) in [5.74, 6) is -1.97. The molecule has 0 spiro atoms. The fourth-order valence-corrected chi connectivity index (χ4v) is 6.20. The van der Waals surface area contributed by atoms with Crippen molar-refractivity contribution in [1.29, 1.82) is 0 Å². The second kappa shape index (κ2) is 13.2. The molecule has 3 aromatic rings. The predicted molar refractivity (Wildman–Crippen MR) is 158 cm³/mol. The van der Waals surface area contributed by atoms with E-state index in [1.165, 1.54) is 24.5 Å². The van der Waals surface area contributed by atoms with E-state index < -0.39 is 45.3 Å². The van der Waals surface area contributed by atoms with Crippen LogP contribution in [0.5, 0.6) is 5.75 Å². The van der Waals surface area contributed by atoms with E-state index in [2.05, 4.69) is 15.3 Å². The second-order valence-corrected chi connectivity index (χ2v) is 13.2. The minimum Gasteiger partial charge on any atom is -0.495 e. The number of carbonyl (C=O) groups is 1. The molecule has 1 heterocycles. The zero-order valence-electron chi connectivity index (χ0n) is 25.1. The van der Waals surface area contributed by atoms with Crippen LogP contribution in [0.2, 0.25) is 0 Å². The smallest absolute Gasteiger partial charge is 0.419 e. The molecule has 238 valence electrons. The van der Waals surface area contributed by atoms with E-state index >= 15 is 4.39 Å². The first kappa shape index (κ1) is 33.3. The van der Waals surface area contributed by atoms with Crippen molar-refractivity contribution in [2.24, 2.45) is 5.92 Å². The number of hydrogen-bond acceptors (Lipinski definition) is 8. The Morgan fingerprint density at radius 1 is 1.16 bits per heavy atom. The number of benzene rings is 2. The van der Waals surface area contributed by atoms with Crippen molar-refractivity contribution >= 4 is 27.4 Å². The Bertz CT molecular complexity index is 1630. The first-order valence-electron chi connectivity index (χ1n) is 13.9. The van der Waals surface area contributed by atoms with Gasteiger partial charge in [-0.25, -0.2) is 22.8 Å². The maximum absolute atomic E-state index is 15.1. The number of halogens is 4. The van der Waals surface area contributed by atoms with Gasteiger partial charge in [0.25, 0.3) is 0 Å². The summed E-state index contributed by atoms with van der Waals surface area (Å²) < 4.78 is 88.8. The molecule has 0 fully saturated rings. The van der Waals surface area contributed by atoms with E-state index in [9.17, 15) is 26.4 Å². The number of ether oxygens (including phenoxy) is 1. The maximum Gasteiger partial charge on any atom is 0.419 e. The van der Waals surface area contributed by atoms with Crippen LogP contribution in [0.25, 0.3) is 0 Å². The molecule has 1 N–H and O–H groups in total.